The monoisotopic (exact) mass is 332 g/mol. The third-order valence-corrected chi connectivity index (χ3v) is 4.20. The molecule has 3 rings (SSSR count). The van der Waals surface area contributed by atoms with E-state index in [-0.39, 0.29) is 11.9 Å². The van der Waals surface area contributed by atoms with Crippen molar-refractivity contribution in [1.82, 2.24) is 20.0 Å². The molecule has 0 saturated carbocycles. The lowest BCUT2D eigenvalue weighted by molar-refractivity contribution is -0.121. The van der Waals surface area contributed by atoms with E-state index in [2.05, 4.69) is 15.3 Å². The molecule has 1 aliphatic heterocycles. The topological polar surface area (TPSA) is 72.5 Å². The highest BCUT2D eigenvalue weighted by Crippen LogP contribution is 2.23. The van der Waals surface area contributed by atoms with Gasteiger partial charge in [-0.2, -0.15) is 5.10 Å². The first-order valence-corrected chi connectivity index (χ1v) is 8.34. The van der Waals surface area contributed by atoms with Gasteiger partial charge in [0.2, 0.25) is 5.91 Å². The Balaban J connectivity index is 1.55. The van der Waals surface area contributed by atoms with E-state index in [9.17, 15) is 4.79 Å². The highest BCUT2D eigenvalue weighted by Gasteiger charge is 2.25. The van der Waals surface area contributed by atoms with Crippen LogP contribution in [0.1, 0.15) is 24.0 Å². The number of carbonyl (C=O) groups excluding carboxylic acids is 1. The number of aryl methyl sites for hydroxylation is 2. The van der Waals surface area contributed by atoms with Crippen LogP contribution in [0.15, 0.2) is 35.0 Å². The van der Waals surface area contributed by atoms with Gasteiger partial charge in [-0.3, -0.25) is 14.4 Å². The Morgan fingerprint density at radius 1 is 1.38 bits per heavy atom. The van der Waals surface area contributed by atoms with Crippen molar-refractivity contribution in [3.8, 4) is 0 Å². The van der Waals surface area contributed by atoms with Crippen molar-refractivity contribution >= 4 is 5.91 Å². The molecule has 1 fully saturated rings. The summed E-state index contributed by atoms with van der Waals surface area (Å²) in [6.45, 7) is 6.16. The maximum absolute atomic E-state index is 12.1. The molecule has 1 unspecified atom stereocenters. The SMILES string of the molecule is Cc1ccc(C(CNC(=O)CCn2cccn2)N2CCOCC2)o1. The van der Waals surface area contributed by atoms with E-state index in [1.165, 1.54) is 0 Å². The average molecular weight is 332 g/mol. The molecule has 0 aliphatic carbocycles. The van der Waals surface area contributed by atoms with Gasteiger partial charge in [-0.1, -0.05) is 0 Å². The molecule has 1 atom stereocenters. The zero-order valence-corrected chi connectivity index (χ0v) is 14.0. The fraction of sp³-hybridized carbons (Fsp3) is 0.529. The lowest BCUT2D eigenvalue weighted by atomic mass is 10.1. The number of hydrogen-bond acceptors (Lipinski definition) is 5. The first-order valence-electron chi connectivity index (χ1n) is 8.34. The zero-order chi connectivity index (χ0) is 16.8. The van der Waals surface area contributed by atoms with E-state index >= 15 is 0 Å². The second-order valence-electron chi connectivity index (χ2n) is 5.94. The molecule has 3 heterocycles. The number of nitrogens with one attached hydrogen (secondary N) is 1. The van der Waals surface area contributed by atoms with Gasteiger partial charge in [0.05, 0.1) is 19.3 Å². The van der Waals surface area contributed by atoms with Gasteiger partial charge in [0.25, 0.3) is 0 Å². The number of amides is 1. The summed E-state index contributed by atoms with van der Waals surface area (Å²) < 4.78 is 13.0. The fourth-order valence-corrected chi connectivity index (χ4v) is 2.88. The van der Waals surface area contributed by atoms with Crippen LogP contribution in [0, 0.1) is 6.92 Å². The lowest BCUT2D eigenvalue weighted by Gasteiger charge is -2.33. The minimum atomic E-state index is 0.0204. The highest BCUT2D eigenvalue weighted by molar-refractivity contribution is 5.75. The quantitative estimate of drug-likeness (QED) is 0.829. The van der Waals surface area contributed by atoms with Gasteiger partial charge >= 0.3 is 0 Å². The molecule has 0 bridgehead atoms. The number of rotatable bonds is 7. The lowest BCUT2D eigenvalue weighted by Crippen LogP contribution is -2.43. The Morgan fingerprint density at radius 3 is 2.88 bits per heavy atom. The second-order valence-corrected chi connectivity index (χ2v) is 5.94. The van der Waals surface area contributed by atoms with E-state index in [0.29, 0.717) is 32.7 Å². The van der Waals surface area contributed by atoms with Gasteiger partial charge in [-0.05, 0) is 25.1 Å². The molecule has 7 nitrogen and oxygen atoms in total. The van der Waals surface area contributed by atoms with Gasteiger partial charge in [-0.25, -0.2) is 0 Å². The van der Waals surface area contributed by atoms with Crippen molar-refractivity contribution in [3.05, 3.63) is 42.1 Å². The first kappa shape index (κ1) is 16.7. The molecule has 1 aliphatic rings. The molecule has 2 aromatic rings. The Bertz CT molecular complexity index is 632. The van der Waals surface area contributed by atoms with Crippen LogP contribution in [0.5, 0.6) is 0 Å². The van der Waals surface area contributed by atoms with E-state index in [0.717, 1.165) is 24.6 Å². The van der Waals surface area contributed by atoms with Crippen LogP contribution in [0.2, 0.25) is 0 Å². The number of ether oxygens (including phenoxy) is 1. The van der Waals surface area contributed by atoms with Gasteiger partial charge in [0, 0.05) is 45.0 Å². The summed E-state index contributed by atoms with van der Waals surface area (Å²) in [5.41, 5.74) is 0. The molecule has 0 spiro atoms. The van der Waals surface area contributed by atoms with E-state index in [1.54, 1.807) is 10.9 Å². The largest absolute Gasteiger partial charge is 0.465 e. The number of morpholine rings is 1. The van der Waals surface area contributed by atoms with Crippen LogP contribution in [-0.2, 0) is 16.1 Å². The number of nitrogens with zero attached hydrogens (tertiary/aromatic N) is 3. The van der Waals surface area contributed by atoms with Crippen molar-refractivity contribution in [2.75, 3.05) is 32.8 Å². The molecule has 1 N–H and O–H groups in total. The van der Waals surface area contributed by atoms with Crippen LogP contribution in [0.25, 0.3) is 0 Å². The van der Waals surface area contributed by atoms with Gasteiger partial charge in [0.1, 0.15) is 11.5 Å². The summed E-state index contributed by atoms with van der Waals surface area (Å²) >= 11 is 0. The smallest absolute Gasteiger partial charge is 0.221 e. The summed E-state index contributed by atoms with van der Waals surface area (Å²) in [6, 6.07) is 5.84. The summed E-state index contributed by atoms with van der Waals surface area (Å²) in [4.78, 5) is 14.4. The average Bonchev–Trinajstić information content (AvgIpc) is 3.26. The minimum absolute atomic E-state index is 0.0204. The molecule has 0 aromatic carbocycles. The predicted octanol–water partition coefficient (Wildman–Crippen LogP) is 1.36. The molecular formula is C17H24N4O3. The Morgan fingerprint density at radius 2 is 2.21 bits per heavy atom. The molecule has 7 heteroatoms. The Hall–Kier alpha value is -2.12. The normalized spacial score (nSPS) is 16.9. The summed E-state index contributed by atoms with van der Waals surface area (Å²) in [6.07, 6.45) is 3.98. The minimum Gasteiger partial charge on any atom is -0.465 e. The molecular weight excluding hydrogens is 308 g/mol. The first-order chi connectivity index (χ1) is 11.7. The molecule has 2 aromatic heterocycles. The van der Waals surface area contributed by atoms with Crippen LogP contribution in [0.3, 0.4) is 0 Å². The number of furan rings is 1. The van der Waals surface area contributed by atoms with Crippen molar-refractivity contribution in [3.63, 3.8) is 0 Å². The van der Waals surface area contributed by atoms with Crippen molar-refractivity contribution < 1.29 is 13.9 Å². The molecule has 1 saturated heterocycles. The number of hydrogen-bond donors (Lipinski definition) is 1. The Labute approximate surface area is 141 Å². The number of carbonyl (C=O) groups is 1. The molecule has 1 amide bonds. The van der Waals surface area contributed by atoms with E-state index in [4.69, 9.17) is 9.15 Å². The van der Waals surface area contributed by atoms with Crippen LogP contribution in [-0.4, -0.2) is 53.4 Å². The van der Waals surface area contributed by atoms with Gasteiger partial charge in [0.15, 0.2) is 0 Å². The highest BCUT2D eigenvalue weighted by atomic mass is 16.5. The fourth-order valence-electron chi connectivity index (χ4n) is 2.88. The Kier molecular flexibility index (Phi) is 5.66. The maximum Gasteiger partial charge on any atom is 0.221 e. The van der Waals surface area contributed by atoms with E-state index < -0.39 is 0 Å². The second kappa shape index (κ2) is 8.12. The summed E-state index contributed by atoms with van der Waals surface area (Å²) in [7, 11) is 0. The number of aromatic nitrogens is 2. The van der Waals surface area contributed by atoms with Crippen LogP contribution in [0.4, 0.5) is 0 Å². The van der Waals surface area contributed by atoms with E-state index in [1.807, 2.05) is 31.3 Å². The maximum atomic E-state index is 12.1. The predicted molar refractivity (Wildman–Crippen MR) is 88.4 cm³/mol. The molecule has 0 radical (unpaired) electrons. The third-order valence-electron chi connectivity index (χ3n) is 4.20. The third kappa shape index (κ3) is 4.46. The van der Waals surface area contributed by atoms with Gasteiger partial charge in [-0.15, -0.1) is 0 Å². The summed E-state index contributed by atoms with van der Waals surface area (Å²) in [5, 5.41) is 7.13. The molecule has 130 valence electrons. The summed E-state index contributed by atoms with van der Waals surface area (Å²) in [5.74, 6) is 1.79. The van der Waals surface area contributed by atoms with Crippen molar-refractivity contribution in [2.24, 2.45) is 0 Å². The molecule has 24 heavy (non-hydrogen) atoms. The van der Waals surface area contributed by atoms with Crippen molar-refractivity contribution in [1.29, 1.82) is 0 Å². The zero-order valence-electron chi connectivity index (χ0n) is 14.0. The standard InChI is InChI=1S/C17H24N4O3/c1-14-3-4-16(24-14)15(20-9-11-23-12-10-20)13-18-17(22)5-8-21-7-2-6-19-21/h2-4,6-7,15H,5,8-13H2,1H3,(H,18,22). The van der Waals surface area contributed by atoms with Crippen LogP contribution >= 0.6 is 0 Å². The van der Waals surface area contributed by atoms with Gasteiger partial charge < -0.3 is 14.5 Å². The van der Waals surface area contributed by atoms with Crippen LogP contribution < -0.4 is 5.32 Å². The van der Waals surface area contributed by atoms with Crippen molar-refractivity contribution in [2.45, 2.75) is 25.9 Å².